The van der Waals surface area contributed by atoms with Gasteiger partial charge in [-0.25, -0.2) is 9.36 Å². The van der Waals surface area contributed by atoms with E-state index in [0.717, 1.165) is 36.5 Å². The van der Waals surface area contributed by atoms with Gasteiger partial charge < -0.3 is 4.74 Å². The maximum atomic E-state index is 14.2. The summed E-state index contributed by atoms with van der Waals surface area (Å²) in [5.74, 6) is 4.45. The maximum absolute atomic E-state index is 14.2. The summed E-state index contributed by atoms with van der Waals surface area (Å²) < 4.78 is 39.4. The molecule has 3 saturated carbocycles. The number of rotatable bonds is 15. The average molecular weight is 769 g/mol. The van der Waals surface area contributed by atoms with Crippen LogP contribution in [0, 0.1) is 64.6 Å². The molecule has 0 radical (unpaired) electrons. The largest absolute Gasteiger partial charge is 0.475 e. The van der Waals surface area contributed by atoms with Gasteiger partial charge >= 0.3 is 13.5 Å². The summed E-state index contributed by atoms with van der Waals surface area (Å²) in [7, 11) is -4.19. The normalized spacial score (nSPS) is 36.2. The van der Waals surface area contributed by atoms with E-state index in [1.807, 2.05) is 6.07 Å². The van der Waals surface area contributed by atoms with Gasteiger partial charge in [0.2, 0.25) is 0 Å². The lowest BCUT2D eigenvalue weighted by molar-refractivity contribution is -0.0595. The molecule has 4 fully saturated rings. The molecule has 14 heteroatoms. The minimum Gasteiger partial charge on any atom is -0.352 e. The van der Waals surface area contributed by atoms with E-state index < -0.39 is 43.5 Å². The highest BCUT2D eigenvalue weighted by atomic mass is 31.2. The van der Waals surface area contributed by atoms with E-state index in [0.29, 0.717) is 35.7 Å². The molecule has 1 aromatic heterocycles. The molecule has 1 aromatic rings. The van der Waals surface area contributed by atoms with Gasteiger partial charge in [-0.05, 0) is 110 Å². The van der Waals surface area contributed by atoms with Crippen molar-refractivity contribution < 1.29 is 22.9 Å². The number of phosphoric acid groups is 1. The number of H-pyrrole nitrogens is 1. The Hall–Kier alpha value is -2.71. The van der Waals surface area contributed by atoms with Gasteiger partial charge in [0.15, 0.2) is 0 Å². The van der Waals surface area contributed by atoms with Crippen LogP contribution in [0.15, 0.2) is 32.5 Å². The van der Waals surface area contributed by atoms with E-state index in [1.165, 1.54) is 61.3 Å². The lowest BCUT2D eigenvalue weighted by atomic mass is 9.47. The SMILES string of the molecule is Cc1cn([C@H]2C[C@H](N=[N+]=[N-])[C@@H](CO[P@](=O)(OCCC#N)O[C@H]3CC[C@@]4(C)C(=CC[C@H]5[C@@H]6CC[C@H]([C@H](C)CCCC(C)C)[C@@]6(C)CC[C@@H]54)C3)O2)c(=O)[nH]c1=O. The summed E-state index contributed by atoms with van der Waals surface area (Å²) in [6, 6.07) is 1.26. The second kappa shape index (κ2) is 16.8. The van der Waals surface area contributed by atoms with Crippen LogP contribution < -0.4 is 11.2 Å². The van der Waals surface area contributed by atoms with E-state index in [1.54, 1.807) is 6.92 Å². The molecular weight excluding hydrogens is 707 g/mol. The number of aromatic nitrogens is 2. The van der Waals surface area contributed by atoms with E-state index in [4.69, 9.17) is 18.3 Å². The van der Waals surface area contributed by atoms with Gasteiger partial charge in [-0.15, -0.1) is 0 Å². The smallest absolute Gasteiger partial charge is 0.352 e. The van der Waals surface area contributed by atoms with Crippen LogP contribution in [0.4, 0.5) is 0 Å². The molecule has 13 nitrogen and oxygen atoms in total. The standard InChI is InChI=1S/C40H61N6O7P/c1-25(2)9-7-10-26(3)31-13-14-32-30-12-11-28-21-29(15-17-39(28,5)33(30)16-18-40(31,32)6)53-54(49,50-20-8-19-41)51-24-35-34(44-45-42)22-36(52-35)46-23-27(4)37(47)43-38(46)48/h11,23,25-26,29-36H,7-10,12-18,20-22,24H2,1-6H3,(H,43,47,48)/t26-,29+,30+,31-,32+,33+,34+,35-,36-,39+,40-,54+/m1/s1. The van der Waals surface area contributed by atoms with Gasteiger partial charge in [0.1, 0.15) is 6.23 Å². The van der Waals surface area contributed by atoms with Crippen LogP contribution in [0.3, 0.4) is 0 Å². The second-order valence-corrected chi connectivity index (χ2v) is 19.5. The molecule has 0 bridgehead atoms. The first-order chi connectivity index (χ1) is 25.7. The van der Waals surface area contributed by atoms with Crippen molar-refractivity contribution in [3.8, 4) is 6.07 Å². The summed E-state index contributed by atoms with van der Waals surface area (Å²) in [6.45, 7) is 13.4. The highest BCUT2D eigenvalue weighted by molar-refractivity contribution is 7.48. The molecule has 12 atom stereocenters. The van der Waals surface area contributed by atoms with Crippen molar-refractivity contribution in [2.24, 2.45) is 51.5 Å². The van der Waals surface area contributed by atoms with Gasteiger partial charge in [0.25, 0.3) is 5.56 Å². The average Bonchev–Trinajstić information content (AvgIpc) is 3.69. The van der Waals surface area contributed by atoms with Gasteiger partial charge in [0, 0.05) is 23.1 Å². The molecule has 2 heterocycles. The number of aryl methyl sites for hydroxylation is 1. The summed E-state index contributed by atoms with van der Waals surface area (Å²) in [4.78, 5) is 29.7. The molecule has 4 aliphatic carbocycles. The van der Waals surface area contributed by atoms with Gasteiger partial charge in [-0.3, -0.25) is 27.9 Å². The zero-order valence-electron chi connectivity index (χ0n) is 33.1. The summed E-state index contributed by atoms with van der Waals surface area (Å²) in [5.41, 5.74) is 10.3. The topological polar surface area (TPSA) is 181 Å². The molecule has 5 aliphatic rings. The van der Waals surface area contributed by atoms with E-state index in [9.17, 15) is 24.9 Å². The minimum atomic E-state index is -4.19. The molecule has 0 amide bonds. The Morgan fingerprint density at radius 2 is 1.94 bits per heavy atom. The fraction of sp³-hybridized carbons (Fsp3) is 0.825. The van der Waals surface area contributed by atoms with Crippen LogP contribution in [0.25, 0.3) is 10.4 Å². The Bertz CT molecular complexity index is 1800. The quantitative estimate of drug-likeness (QED) is 0.0457. The lowest BCUT2D eigenvalue weighted by Crippen LogP contribution is -2.51. The number of aromatic amines is 1. The van der Waals surface area contributed by atoms with E-state index in [2.05, 4.69) is 55.7 Å². The third kappa shape index (κ3) is 8.36. The highest BCUT2D eigenvalue weighted by Crippen LogP contribution is 2.68. The molecule has 1 aliphatic heterocycles. The number of allylic oxidation sites excluding steroid dienone is 1. The Balaban J connectivity index is 1.12. The number of phosphoric ester groups is 1. The first-order valence-electron chi connectivity index (χ1n) is 20.4. The van der Waals surface area contributed by atoms with Gasteiger partial charge in [-0.1, -0.05) is 70.6 Å². The van der Waals surface area contributed by atoms with Crippen molar-refractivity contribution in [1.82, 2.24) is 9.55 Å². The first kappa shape index (κ1) is 40.9. The molecule has 6 rings (SSSR count). The number of nitrogens with zero attached hydrogens (tertiary/aromatic N) is 5. The number of ether oxygens (including phenoxy) is 1. The zero-order chi connectivity index (χ0) is 38.8. The molecule has 0 unspecified atom stereocenters. The summed E-state index contributed by atoms with van der Waals surface area (Å²) in [5, 5.41) is 13.0. The van der Waals surface area contributed by atoms with E-state index >= 15 is 0 Å². The molecule has 0 spiro atoms. The monoisotopic (exact) mass is 768 g/mol. The second-order valence-electron chi connectivity index (χ2n) is 17.9. The lowest BCUT2D eigenvalue weighted by Gasteiger charge is -2.58. The third-order valence-electron chi connectivity index (χ3n) is 14.3. The van der Waals surface area contributed by atoms with Crippen LogP contribution in [0.1, 0.15) is 130 Å². The fourth-order valence-corrected chi connectivity index (χ4v) is 12.8. The molecular formula is C40H61N6O7P. The van der Waals surface area contributed by atoms with Gasteiger partial charge in [-0.2, -0.15) is 5.26 Å². The number of azide groups is 1. The number of fused-ring (bicyclic) bond motifs is 5. The van der Waals surface area contributed by atoms with Crippen LogP contribution in [0.2, 0.25) is 0 Å². The Morgan fingerprint density at radius 3 is 2.69 bits per heavy atom. The highest BCUT2D eigenvalue weighted by Gasteiger charge is 2.59. The van der Waals surface area contributed by atoms with Crippen molar-refractivity contribution in [3.05, 3.63) is 54.7 Å². The van der Waals surface area contributed by atoms with Crippen molar-refractivity contribution in [1.29, 1.82) is 5.26 Å². The van der Waals surface area contributed by atoms with Crippen molar-refractivity contribution >= 4 is 7.82 Å². The molecule has 0 aromatic carbocycles. The number of nitriles is 1. The zero-order valence-corrected chi connectivity index (χ0v) is 34.0. The Kier molecular flexibility index (Phi) is 12.7. The Morgan fingerprint density at radius 1 is 1.15 bits per heavy atom. The minimum absolute atomic E-state index is 0.00314. The number of hydrogen-bond acceptors (Lipinski definition) is 9. The van der Waals surface area contributed by atoms with Crippen molar-refractivity contribution in [2.45, 2.75) is 149 Å². The number of nitrogens with one attached hydrogen (secondary N) is 1. The third-order valence-corrected chi connectivity index (χ3v) is 15.8. The molecule has 54 heavy (non-hydrogen) atoms. The molecule has 1 saturated heterocycles. The van der Waals surface area contributed by atoms with Crippen LogP contribution in [0.5, 0.6) is 0 Å². The maximum Gasteiger partial charge on any atom is 0.475 e. The molecule has 1 N–H and O–H groups in total. The predicted octanol–water partition coefficient (Wildman–Crippen LogP) is 9.29. The fourth-order valence-electron chi connectivity index (χ4n) is 11.4. The summed E-state index contributed by atoms with van der Waals surface area (Å²) >= 11 is 0. The van der Waals surface area contributed by atoms with Crippen molar-refractivity contribution in [2.75, 3.05) is 13.2 Å². The molecule has 298 valence electrons. The van der Waals surface area contributed by atoms with Crippen LogP contribution >= 0.6 is 7.82 Å². The van der Waals surface area contributed by atoms with E-state index in [-0.39, 0.29) is 31.5 Å². The predicted molar refractivity (Wildman–Crippen MR) is 205 cm³/mol. The first-order valence-corrected chi connectivity index (χ1v) is 21.8. The van der Waals surface area contributed by atoms with Crippen molar-refractivity contribution in [3.63, 3.8) is 0 Å². The van der Waals surface area contributed by atoms with Gasteiger partial charge in [0.05, 0.1) is 44.0 Å². The van der Waals surface area contributed by atoms with Crippen LogP contribution in [-0.2, 0) is 22.9 Å². The van der Waals surface area contributed by atoms with Crippen LogP contribution in [-0.4, -0.2) is 41.0 Å². The summed E-state index contributed by atoms with van der Waals surface area (Å²) in [6.07, 6.45) is 14.5. The number of hydrogen-bond donors (Lipinski definition) is 1. The Labute approximate surface area is 319 Å².